The summed E-state index contributed by atoms with van der Waals surface area (Å²) < 4.78 is 63.9. The third-order valence-electron chi connectivity index (χ3n) is 15.4. The maximum Gasteiger partial charge on any atom is 0.329 e. The van der Waals surface area contributed by atoms with Crippen molar-refractivity contribution in [2.45, 2.75) is 114 Å². The van der Waals surface area contributed by atoms with E-state index in [-0.39, 0.29) is 132 Å². The molecule has 0 spiro atoms. The SMILES string of the molecule is COCCOCCOCCOC(=O)[C@H](Cc1ccccc1)NC(=O)CCCCCNC(=O)c1cc(C(=O)NCCCCCC(=O)N[C@@H](Cc2ccccc2)C(=O)OCCOCCOCCOC)cc(C(=O)NCCCCCC(=O)N[C@@H](Cc2ccccc2)C(=O)OCCOCCOCCOC)c1. The topological polar surface area (TPSA) is 337 Å². The van der Waals surface area contributed by atoms with Gasteiger partial charge in [-0.3, -0.25) is 28.8 Å². The van der Waals surface area contributed by atoms with Gasteiger partial charge in [0.05, 0.1) is 99.1 Å². The molecule has 27 heteroatoms. The Kier molecular flexibility index (Phi) is 47.6. The number of ether oxygens (including phenoxy) is 12. The smallest absolute Gasteiger partial charge is 0.329 e. The average Bonchev–Trinajstić information content (AvgIpc) is 0.867. The lowest BCUT2D eigenvalue weighted by molar-refractivity contribution is -0.149. The Morgan fingerprint density at radius 2 is 0.529 bits per heavy atom. The Balaban J connectivity index is 1.30. The number of hydrogen-bond donors (Lipinski definition) is 6. The number of amides is 6. The first-order chi connectivity index (χ1) is 49.8. The van der Waals surface area contributed by atoms with E-state index in [1.165, 1.54) is 18.2 Å². The molecule has 564 valence electrons. The summed E-state index contributed by atoms with van der Waals surface area (Å²) in [5.41, 5.74) is 2.69. The first-order valence-corrected chi connectivity index (χ1v) is 35.2. The first-order valence-electron chi connectivity index (χ1n) is 35.2. The van der Waals surface area contributed by atoms with Gasteiger partial charge in [0.25, 0.3) is 17.7 Å². The van der Waals surface area contributed by atoms with E-state index in [2.05, 4.69) is 31.9 Å². The standard InChI is InChI=1S/C75H108N6O21/c1-91-34-37-94-40-43-97-46-49-100-73(88)64(52-58-22-10-4-11-23-58)79-67(82)28-16-7-19-31-76-70(85)61-55-62(71(86)77-32-20-8-17-29-68(83)80-65(53-59-24-12-5-13-25-59)74(89)101-50-47-98-44-41-95-38-35-92-2)57-63(56-61)72(87)78-33-21-9-18-30-69(84)81-66(54-60-26-14-6-15-27-60)75(90)102-51-48-99-45-42-96-39-36-93-3/h4-6,10-15,22-27,55-57,64-66H,7-9,16-21,28-54H2,1-3H3,(H,76,85)(H,77,86)(H,78,87)(H,79,82)(H,80,83)(H,81,84)/t64-,65-,66-/m0/s1. The van der Waals surface area contributed by atoms with Crippen LogP contribution in [0, 0.1) is 0 Å². The van der Waals surface area contributed by atoms with Crippen molar-refractivity contribution in [2.24, 2.45) is 0 Å². The zero-order valence-corrected chi connectivity index (χ0v) is 59.7. The van der Waals surface area contributed by atoms with Crippen LogP contribution >= 0.6 is 0 Å². The number of unbranched alkanes of at least 4 members (excludes halogenated alkanes) is 6. The number of benzene rings is 4. The lowest BCUT2D eigenvalue weighted by Gasteiger charge is -2.18. The molecule has 4 aromatic rings. The number of methoxy groups -OCH3 is 3. The molecule has 6 amide bonds. The Labute approximate surface area is 599 Å². The van der Waals surface area contributed by atoms with Crippen molar-refractivity contribution in [3.05, 3.63) is 143 Å². The molecular formula is C75H108N6O21. The van der Waals surface area contributed by atoms with Gasteiger partial charge in [-0.15, -0.1) is 0 Å². The van der Waals surface area contributed by atoms with E-state index in [1.54, 1.807) is 21.3 Å². The zero-order chi connectivity index (χ0) is 73.3. The summed E-state index contributed by atoms with van der Waals surface area (Å²) in [6, 6.07) is 29.2. The lowest BCUT2D eigenvalue weighted by Crippen LogP contribution is -2.43. The van der Waals surface area contributed by atoms with E-state index in [1.807, 2.05) is 91.0 Å². The molecule has 4 rings (SSSR count). The molecule has 0 fully saturated rings. The lowest BCUT2D eigenvalue weighted by atomic mass is 10.0. The van der Waals surface area contributed by atoms with Crippen molar-refractivity contribution < 1.29 is 100.0 Å². The molecule has 0 bridgehead atoms. The largest absolute Gasteiger partial charge is 0.462 e. The van der Waals surface area contributed by atoms with Gasteiger partial charge >= 0.3 is 17.9 Å². The van der Waals surface area contributed by atoms with Crippen molar-refractivity contribution >= 4 is 53.4 Å². The third kappa shape index (κ3) is 41.0. The van der Waals surface area contributed by atoms with E-state index >= 15 is 0 Å². The monoisotopic (exact) mass is 1430 g/mol. The molecule has 0 radical (unpaired) electrons. The molecule has 0 heterocycles. The van der Waals surface area contributed by atoms with E-state index in [9.17, 15) is 43.2 Å². The summed E-state index contributed by atoms with van der Waals surface area (Å²) in [5, 5.41) is 17.1. The number of carbonyl (C=O) groups is 9. The Bertz CT molecular complexity index is 2660. The fourth-order valence-corrected chi connectivity index (χ4v) is 9.92. The van der Waals surface area contributed by atoms with Crippen LogP contribution in [-0.4, -0.2) is 231 Å². The van der Waals surface area contributed by atoms with Crippen molar-refractivity contribution in [2.75, 3.05) is 160 Å². The highest BCUT2D eigenvalue weighted by molar-refractivity contribution is 6.04. The normalized spacial score (nSPS) is 11.9. The van der Waals surface area contributed by atoms with Gasteiger partial charge in [-0.1, -0.05) is 110 Å². The van der Waals surface area contributed by atoms with E-state index in [0.717, 1.165) is 16.7 Å². The van der Waals surface area contributed by atoms with Crippen LogP contribution in [0.1, 0.15) is 125 Å². The summed E-state index contributed by atoms with van der Waals surface area (Å²) in [6.07, 6.45) is 5.41. The molecule has 0 aliphatic rings. The highest BCUT2D eigenvalue weighted by Gasteiger charge is 2.26. The second-order valence-corrected chi connectivity index (χ2v) is 23.6. The fourth-order valence-electron chi connectivity index (χ4n) is 9.92. The zero-order valence-electron chi connectivity index (χ0n) is 59.7. The number of esters is 3. The summed E-state index contributed by atoms with van der Waals surface area (Å²) >= 11 is 0. The van der Waals surface area contributed by atoms with E-state index < -0.39 is 53.8 Å². The molecule has 0 aliphatic carbocycles. The first kappa shape index (κ1) is 86.2. The van der Waals surface area contributed by atoms with Crippen LogP contribution in [0.4, 0.5) is 0 Å². The summed E-state index contributed by atoms with van der Waals surface area (Å²) in [5.74, 6) is -4.41. The molecular weight excluding hydrogens is 1320 g/mol. The molecule has 0 saturated carbocycles. The van der Waals surface area contributed by atoms with Crippen LogP contribution in [0.3, 0.4) is 0 Å². The Hall–Kier alpha value is -8.25. The van der Waals surface area contributed by atoms with Crippen molar-refractivity contribution in [1.29, 1.82) is 0 Å². The highest BCUT2D eigenvalue weighted by atomic mass is 16.6. The minimum Gasteiger partial charge on any atom is -0.462 e. The molecule has 4 aromatic carbocycles. The molecule has 0 unspecified atom stereocenters. The van der Waals surface area contributed by atoms with E-state index in [0.29, 0.717) is 137 Å². The van der Waals surface area contributed by atoms with Gasteiger partial charge < -0.3 is 88.7 Å². The average molecular weight is 1430 g/mol. The number of rotatable bonds is 60. The van der Waals surface area contributed by atoms with Gasteiger partial charge in [0.15, 0.2) is 0 Å². The third-order valence-corrected chi connectivity index (χ3v) is 15.4. The second kappa shape index (κ2) is 56.3. The highest BCUT2D eigenvalue weighted by Crippen LogP contribution is 2.15. The van der Waals surface area contributed by atoms with Crippen molar-refractivity contribution in [1.82, 2.24) is 31.9 Å². The van der Waals surface area contributed by atoms with Gasteiger partial charge in [0.1, 0.15) is 37.9 Å². The van der Waals surface area contributed by atoms with Gasteiger partial charge in [-0.05, 0) is 73.4 Å². The molecule has 6 N–H and O–H groups in total. The predicted molar refractivity (Wildman–Crippen MR) is 378 cm³/mol. The maximum atomic E-state index is 13.8. The fraction of sp³-hybridized carbons (Fsp3) is 0.560. The Morgan fingerprint density at radius 1 is 0.294 bits per heavy atom. The van der Waals surface area contributed by atoms with Crippen LogP contribution in [0.25, 0.3) is 0 Å². The van der Waals surface area contributed by atoms with E-state index in [4.69, 9.17) is 56.8 Å². The Morgan fingerprint density at radius 3 is 0.775 bits per heavy atom. The van der Waals surface area contributed by atoms with Gasteiger partial charge in [-0.25, -0.2) is 14.4 Å². The van der Waals surface area contributed by atoms with Crippen LogP contribution < -0.4 is 31.9 Å². The number of hydrogen-bond acceptors (Lipinski definition) is 21. The summed E-state index contributed by atoms with van der Waals surface area (Å²) in [4.78, 5) is 121. The molecule has 0 saturated heterocycles. The van der Waals surface area contributed by atoms with Crippen LogP contribution in [-0.2, 0) is 105 Å². The summed E-state index contributed by atoms with van der Waals surface area (Å²) in [6.45, 7) is 5.83. The van der Waals surface area contributed by atoms with Crippen LogP contribution in [0.15, 0.2) is 109 Å². The van der Waals surface area contributed by atoms with Crippen LogP contribution in [0.5, 0.6) is 0 Å². The van der Waals surface area contributed by atoms with Gasteiger partial charge in [0.2, 0.25) is 17.7 Å². The maximum absolute atomic E-state index is 13.8. The molecule has 3 atom stereocenters. The van der Waals surface area contributed by atoms with Crippen LogP contribution in [0.2, 0.25) is 0 Å². The molecule has 27 nitrogen and oxygen atoms in total. The minimum absolute atomic E-state index is 0.00641. The van der Waals surface area contributed by atoms with Gasteiger partial charge in [-0.2, -0.15) is 0 Å². The second-order valence-electron chi connectivity index (χ2n) is 23.6. The number of carbonyl (C=O) groups excluding carboxylic acids is 9. The minimum atomic E-state index is -0.934. The van der Waals surface area contributed by atoms with Crippen molar-refractivity contribution in [3.63, 3.8) is 0 Å². The summed E-state index contributed by atoms with van der Waals surface area (Å²) in [7, 11) is 4.76. The van der Waals surface area contributed by atoms with Gasteiger partial charge in [0, 0.05) is 96.2 Å². The van der Waals surface area contributed by atoms with Crippen molar-refractivity contribution in [3.8, 4) is 0 Å². The quantitative estimate of drug-likeness (QED) is 0.0183. The molecule has 0 aliphatic heterocycles. The molecule has 102 heavy (non-hydrogen) atoms. The number of nitrogens with one attached hydrogen (secondary N) is 6. The predicted octanol–water partition coefficient (Wildman–Crippen LogP) is 5.41. The molecule has 0 aromatic heterocycles.